The van der Waals surface area contributed by atoms with Crippen molar-refractivity contribution in [2.45, 2.75) is 44.8 Å². The summed E-state index contributed by atoms with van der Waals surface area (Å²) in [6.45, 7) is 3.83. The van der Waals surface area contributed by atoms with E-state index < -0.39 is 6.04 Å². The first-order valence-corrected chi connectivity index (χ1v) is 15.1. The Morgan fingerprint density at radius 1 is 0.628 bits per heavy atom. The summed E-state index contributed by atoms with van der Waals surface area (Å²) in [4.78, 5) is 39.5. The van der Waals surface area contributed by atoms with E-state index in [-0.39, 0.29) is 30.8 Å². The minimum atomic E-state index is -0.619. The third-order valence-corrected chi connectivity index (χ3v) is 6.97. The molecule has 1 unspecified atom stereocenters. The molecular formula is C34H46N6O3. The van der Waals surface area contributed by atoms with Crippen LogP contribution in [-0.2, 0) is 33.9 Å². The van der Waals surface area contributed by atoms with Crippen LogP contribution in [-0.4, -0.2) is 67.9 Å². The molecule has 0 saturated carbocycles. The molecule has 0 saturated heterocycles. The van der Waals surface area contributed by atoms with Gasteiger partial charge in [0.15, 0.2) is 0 Å². The molecule has 0 aliphatic rings. The Morgan fingerprint density at radius 2 is 1.14 bits per heavy atom. The van der Waals surface area contributed by atoms with Crippen LogP contribution in [0.5, 0.6) is 0 Å². The van der Waals surface area contributed by atoms with E-state index in [0.717, 1.165) is 29.5 Å². The Balaban J connectivity index is 1.36. The molecule has 0 fully saturated rings. The molecule has 9 nitrogen and oxygen atoms in total. The van der Waals surface area contributed by atoms with Gasteiger partial charge in [0.05, 0.1) is 19.1 Å². The van der Waals surface area contributed by atoms with Crippen LogP contribution >= 0.6 is 0 Å². The molecule has 3 aromatic carbocycles. The minimum absolute atomic E-state index is 0.0113. The van der Waals surface area contributed by atoms with Gasteiger partial charge in [0.1, 0.15) is 0 Å². The highest BCUT2D eigenvalue weighted by molar-refractivity contribution is 5.81. The highest BCUT2D eigenvalue weighted by atomic mass is 16.2. The lowest BCUT2D eigenvalue weighted by Gasteiger charge is -2.23. The summed E-state index contributed by atoms with van der Waals surface area (Å²) in [6.07, 6.45) is 2.62. The van der Waals surface area contributed by atoms with Gasteiger partial charge in [-0.1, -0.05) is 91.0 Å². The number of hydrogen-bond acceptors (Lipinski definition) is 6. The molecule has 0 radical (unpaired) electrons. The Morgan fingerprint density at radius 3 is 1.74 bits per heavy atom. The molecule has 3 amide bonds. The van der Waals surface area contributed by atoms with E-state index in [1.165, 1.54) is 0 Å². The maximum atomic E-state index is 13.1. The van der Waals surface area contributed by atoms with Gasteiger partial charge in [-0.3, -0.25) is 14.4 Å². The van der Waals surface area contributed by atoms with Crippen molar-refractivity contribution in [1.82, 2.24) is 26.2 Å². The van der Waals surface area contributed by atoms with E-state index in [2.05, 4.69) is 21.3 Å². The minimum Gasteiger partial charge on any atom is -0.355 e. The highest BCUT2D eigenvalue weighted by Crippen LogP contribution is 2.03. The summed E-state index contributed by atoms with van der Waals surface area (Å²) in [7, 11) is 0. The van der Waals surface area contributed by atoms with Crippen molar-refractivity contribution in [3.05, 3.63) is 108 Å². The monoisotopic (exact) mass is 586 g/mol. The van der Waals surface area contributed by atoms with Gasteiger partial charge < -0.3 is 31.9 Å². The first kappa shape index (κ1) is 33.5. The van der Waals surface area contributed by atoms with E-state index in [1.807, 2.05) is 95.9 Å². The molecule has 3 rings (SSSR count). The van der Waals surface area contributed by atoms with Crippen molar-refractivity contribution in [1.29, 1.82) is 0 Å². The number of nitrogens with one attached hydrogen (secondary N) is 4. The van der Waals surface area contributed by atoms with Gasteiger partial charge >= 0.3 is 0 Å². The number of carbonyl (C=O) groups excluding carboxylic acids is 3. The molecule has 0 spiro atoms. The predicted octanol–water partition coefficient (Wildman–Crippen LogP) is 2.37. The summed E-state index contributed by atoms with van der Waals surface area (Å²) in [5.41, 5.74) is 9.36. The van der Waals surface area contributed by atoms with Gasteiger partial charge in [-0.25, -0.2) is 0 Å². The maximum Gasteiger partial charge on any atom is 0.237 e. The lowest BCUT2D eigenvalue weighted by Crippen LogP contribution is -2.44. The van der Waals surface area contributed by atoms with Crippen molar-refractivity contribution in [3.63, 3.8) is 0 Å². The summed E-state index contributed by atoms with van der Waals surface area (Å²) >= 11 is 0. The summed E-state index contributed by atoms with van der Waals surface area (Å²) in [5.74, 6) is -0.229. The van der Waals surface area contributed by atoms with Crippen molar-refractivity contribution in [2.24, 2.45) is 5.73 Å². The summed E-state index contributed by atoms with van der Waals surface area (Å²) in [6, 6.07) is 29.0. The van der Waals surface area contributed by atoms with Crippen LogP contribution in [0.3, 0.4) is 0 Å². The molecular weight excluding hydrogens is 540 g/mol. The van der Waals surface area contributed by atoms with Crippen molar-refractivity contribution in [2.75, 3.05) is 39.3 Å². The molecule has 6 N–H and O–H groups in total. The van der Waals surface area contributed by atoms with Crippen molar-refractivity contribution < 1.29 is 14.4 Å². The zero-order chi connectivity index (χ0) is 30.5. The SMILES string of the molecule is NC(Cc1ccccc1)C(=O)NCCCN(CCCCNC(=O)CNCc1ccccc1)C(=O)CNCc1ccccc1. The Labute approximate surface area is 255 Å². The number of benzene rings is 3. The molecule has 3 aromatic rings. The smallest absolute Gasteiger partial charge is 0.237 e. The van der Waals surface area contributed by atoms with Crippen LogP contribution in [0.1, 0.15) is 36.0 Å². The Kier molecular flexibility index (Phi) is 15.5. The molecule has 1 atom stereocenters. The number of rotatable bonds is 20. The zero-order valence-electron chi connectivity index (χ0n) is 25.0. The number of amides is 3. The number of carbonyl (C=O) groups is 3. The molecule has 0 aliphatic carbocycles. The molecule has 0 bridgehead atoms. The van der Waals surface area contributed by atoms with Gasteiger partial charge in [0, 0.05) is 39.3 Å². The molecule has 0 heterocycles. The normalized spacial score (nSPS) is 11.5. The molecule has 9 heteroatoms. The Bertz CT molecular complexity index is 1210. The summed E-state index contributed by atoms with van der Waals surface area (Å²) < 4.78 is 0. The van der Waals surface area contributed by atoms with Gasteiger partial charge in [-0.15, -0.1) is 0 Å². The molecule has 0 aromatic heterocycles. The van der Waals surface area contributed by atoms with Crippen LogP contribution in [0.15, 0.2) is 91.0 Å². The fourth-order valence-corrected chi connectivity index (χ4v) is 4.59. The first-order chi connectivity index (χ1) is 21.0. The van der Waals surface area contributed by atoms with Crippen molar-refractivity contribution >= 4 is 17.7 Å². The molecule has 43 heavy (non-hydrogen) atoms. The zero-order valence-corrected chi connectivity index (χ0v) is 25.0. The van der Waals surface area contributed by atoms with E-state index in [9.17, 15) is 14.4 Å². The first-order valence-electron chi connectivity index (χ1n) is 15.1. The van der Waals surface area contributed by atoms with E-state index in [1.54, 1.807) is 0 Å². The number of hydrogen-bond donors (Lipinski definition) is 5. The summed E-state index contributed by atoms with van der Waals surface area (Å²) in [5, 5.41) is 12.2. The Hall–Kier alpha value is -4.05. The largest absolute Gasteiger partial charge is 0.355 e. The molecule has 0 aliphatic heterocycles. The average Bonchev–Trinajstić information content (AvgIpc) is 3.03. The van der Waals surface area contributed by atoms with E-state index in [4.69, 9.17) is 5.73 Å². The lowest BCUT2D eigenvalue weighted by atomic mass is 10.1. The van der Waals surface area contributed by atoms with Gasteiger partial charge in [0.25, 0.3) is 0 Å². The fraction of sp³-hybridized carbons (Fsp3) is 0.382. The number of unbranched alkanes of at least 4 members (excludes halogenated alkanes) is 1. The standard InChI is InChI=1S/C34H46N6O3/c35-31(23-28-13-4-1-5-14-28)34(43)39-20-12-22-40(33(42)27-37-25-30-17-8-3-9-18-30)21-11-10-19-38-32(41)26-36-24-29-15-6-2-7-16-29/h1-9,13-18,31,36-37H,10-12,19-27,35H2,(H,38,41)(H,39,43). The highest BCUT2D eigenvalue weighted by Gasteiger charge is 2.15. The van der Waals surface area contributed by atoms with Crippen LogP contribution in [0.25, 0.3) is 0 Å². The third kappa shape index (κ3) is 14.1. The van der Waals surface area contributed by atoms with Crippen LogP contribution in [0.2, 0.25) is 0 Å². The fourth-order valence-electron chi connectivity index (χ4n) is 4.59. The maximum absolute atomic E-state index is 13.1. The average molecular weight is 587 g/mol. The number of nitrogens with two attached hydrogens (primary N) is 1. The predicted molar refractivity (Wildman–Crippen MR) is 171 cm³/mol. The van der Waals surface area contributed by atoms with Gasteiger partial charge in [0.2, 0.25) is 17.7 Å². The third-order valence-electron chi connectivity index (χ3n) is 6.97. The van der Waals surface area contributed by atoms with E-state index >= 15 is 0 Å². The quantitative estimate of drug-likeness (QED) is 0.129. The van der Waals surface area contributed by atoms with Crippen LogP contribution in [0.4, 0.5) is 0 Å². The second-order valence-electron chi connectivity index (χ2n) is 10.6. The van der Waals surface area contributed by atoms with Crippen LogP contribution in [0, 0.1) is 0 Å². The second kappa shape index (κ2) is 20.0. The van der Waals surface area contributed by atoms with Crippen molar-refractivity contribution in [3.8, 4) is 0 Å². The number of nitrogens with zero attached hydrogens (tertiary/aromatic N) is 1. The van der Waals surface area contributed by atoms with Gasteiger partial charge in [-0.05, 0) is 42.4 Å². The van der Waals surface area contributed by atoms with E-state index in [0.29, 0.717) is 52.1 Å². The second-order valence-corrected chi connectivity index (χ2v) is 10.6. The molecule has 230 valence electrons. The lowest BCUT2D eigenvalue weighted by molar-refractivity contribution is -0.130. The van der Waals surface area contributed by atoms with Crippen LogP contribution < -0.4 is 27.0 Å². The topological polar surface area (TPSA) is 129 Å². The van der Waals surface area contributed by atoms with Gasteiger partial charge in [-0.2, -0.15) is 0 Å².